The molecule has 0 amide bonds. The van der Waals surface area contributed by atoms with Crippen LogP contribution in [0.15, 0.2) is 223 Å². The van der Waals surface area contributed by atoms with Crippen LogP contribution in [0.2, 0.25) is 0 Å². The van der Waals surface area contributed by atoms with Crippen molar-refractivity contribution in [1.29, 1.82) is 0 Å². The van der Waals surface area contributed by atoms with E-state index in [-0.39, 0.29) is 0 Å². The van der Waals surface area contributed by atoms with Crippen LogP contribution >= 0.6 is 0 Å². The van der Waals surface area contributed by atoms with Gasteiger partial charge in [0, 0.05) is 50.6 Å². The number of furan rings is 1. The Bertz CT molecular complexity index is 3290. The van der Waals surface area contributed by atoms with Gasteiger partial charge in [-0.15, -0.1) is 0 Å². The second-order valence-corrected chi connectivity index (χ2v) is 14.9. The van der Waals surface area contributed by atoms with Gasteiger partial charge >= 0.3 is 0 Å². The molecule has 282 valence electrons. The minimum Gasteiger partial charge on any atom is -0.456 e. The second kappa shape index (κ2) is 15.0. The van der Waals surface area contributed by atoms with E-state index in [1.807, 2.05) is 54.6 Å². The minimum absolute atomic E-state index is 0.583. The summed E-state index contributed by atoms with van der Waals surface area (Å²) >= 11 is 0. The van der Waals surface area contributed by atoms with Crippen molar-refractivity contribution in [1.82, 2.24) is 15.0 Å². The topological polar surface area (TPSA) is 55.1 Å². The molecule has 0 saturated heterocycles. The van der Waals surface area contributed by atoms with E-state index in [0.29, 0.717) is 17.5 Å². The molecule has 0 saturated carbocycles. The molecule has 0 bridgehead atoms. The van der Waals surface area contributed by atoms with Crippen LogP contribution in [-0.4, -0.2) is 15.0 Å². The Morgan fingerprint density at radius 1 is 0.317 bits per heavy atom. The third kappa shape index (κ3) is 6.54. The SMILES string of the molecule is c1ccc(-c2ccc(-c3nc(-c4ccccc4)nc(-c4cccc5oc6cc(N(c7ccc(-c8ccccc8)cc7)c7ccc8ccccc8c7)ccc6c45)n3)cc2)cc1. The van der Waals surface area contributed by atoms with E-state index in [1.54, 1.807) is 0 Å². The van der Waals surface area contributed by atoms with E-state index in [4.69, 9.17) is 19.4 Å². The number of anilines is 3. The van der Waals surface area contributed by atoms with Gasteiger partial charge in [0.1, 0.15) is 11.2 Å². The molecule has 9 aromatic carbocycles. The number of nitrogens with zero attached hydrogens (tertiary/aromatic N) is 4. The maximum absolute atomic E-state index is 6.71. The third-order valence-corrected chi connectivity index (χ3v) is 11.1. The van der Waals surface area contributed by atoms with Gasteiger partial charge in [0.2, 0.25) is 0 Å². The molecule has 5 nitrogen and oxygen atoms in total. The highest BCUT2D eigenvalue weighted by molar-refractivity contribution is 6.12. The molecule has 11 rings (SSSR count). The lowest BCUT2D eigenvalue weighted by Gasteiger charge is -2.26. The van der Waals surface area contributed by atoms with Gasteiger partial charge in [-0.3, -0.25) is 0 Å². The van der Waals surface area contributed by atoms with Crippen LogP contribution < -0.4 is 4.90 Å². The Labute approximate surface area is 347 Å². The summed E-state index contributed by atoms with van der Waals surface area (Å²) < 4.78 is 6.71. The largest absolute Gasteiger partial charge is 0.456 e. The third-order valence-electron chi connectivity index (χ3n) is 11.1. The molecule has 60 heavy (non-hydrogen) atoms. The predicted octanol–water partition coefficient (Wildman–Crippen LogP) is 14.7. The number of aromatic nitrogens is 3. The van der Waals surface area contributed by atoms with Gasteiger partial charge in [0.25, 0.3) is 0 Å². The Morgan fingerprint density at radius 2 is 0.800 bits per heavy atom. The van der Waals surface area contributed by atoms with E-state index in [0.717, 1.165) is 66.8 Å². The first-order chi connectivity index (χ1) is 29.7. The summed E-state index contributed by atoms with van der Waals surface area (Å²) in [6.07, 6.45) is 0. The molecule has 0 unspecified atom stereocenters. The van der Waals surface area contributed by atoms with Gasteiger partial charge in [0.05, 0.1) is 0 Å². The number of fused-ring (bicyclic) bond motifs is 4. The summed E-state index contributed by atoms with van der Waals surface area (Å²) in [6.45, 7) is 0. The van der Waals surface area contributed by atoms with Gasteiger partial charge in [-0.25, -0.2) is 15.0 Å². The maximum atomic E-state index is 6.71. The van der Waals surface area contributed by atoms with E-state index >= 15 is 0 Å². The predicted molar refractivity (Wildman–Crippen MR) is 246 cm³/mol. The van der Waals surface area contributed by atoms with Crippen LogP contribution in [0.25, 0.3) is 89.1 Å². The van der Waals surface area contributed by atoms with Crippen LogP contribution in [-0.2, 0) is 0 Å². The molecule has 0 atom stereocenters. The minimum atomic E-state index is 0.583. The zero-order valence-corrected chi connectivity index (χ0v) is 32.5. The van der Waals surface area contributed by atoms with Crippen LogP contribution in [0.3, 0.4) is 0 Å². The highest BCUT2D eigenvalue weighted by Crippen LogP contribution is 2.42. The summed E-state index contributed by atoms with van der Waals surface area (Å²) in [5, 5.41) is 4.31. The monoisotopic (exact) mass is 768 g/mol. The van der Waals surface area contributed by atoms with Gasteiger partial charge in [0.15, 0.2) is 17.5 Å². The fourth-order valence-electron chi connectivity index (χ4n) is 8.12. The molecule has 0 aliphatic heterocycles. The van der Waals surface area contributed by atoms with E-state index in [1.165, 1.54) is 21.9 Å². The first kappa shape index (κ1) is 35.0. The Hall–Kier alpha value is -8.15. The summed E-state index contributed by atoms with van der Waals surface area (Å²) in [5.74, 6) is 1.80. The van der Waals surface area contributed by atoms with E-state index < -0.39 is 0 Å². The number of hydrogen-bond donors (Lipinski definition) is 0. The first-order valence-electron chi connectivity index (χ1n) is 20.1. The van der Waals surface area contributed by atoms with Gasteiger partial charge in [-0.2, -0.15) is 0 Å². The Kier molecular flexibility index (Phi) is 8.75. The average molecular weight is 769 g/mol. The Balaban J connectivity index is 1.04. The highest BCUT2D eigenvalue weighted by atomic mass is 16.3. The van der Waals surface area contributed by atoms with Gasteiger partial charge in [-0.1, -0.05) is 170 Å². The highest BCUT2D eigenvalue weighted by Gasteiger charge is 2.20. The molecule has 0 N–H and O–H groups in total. The smallest absolute Gasteiger partial charge is 0.164 e. The summed E-state index contributed by atoms with van der Waals surface area (Å²) in [6, 6.07) is 75.8. The molecule has 0 fully saturated rings. The molecule has 2 aromatic heterocycles. The van der Waals surface area contributed by atoms with Crippen molar-refractivity contribution in [3.63, 3.8) is 0 Å². The number of rotatable bonds is 8. The van der Waals surface area contributed by atoms with Crippen molar-refractivity contribution in [2.45, 2.75) is 0 Å². The van der Waals surface area contributed by atoms with Crippen molar-refractivity contribution in [3.05, 3.63) is 218 Å². The van der Waals surface area contributed by atoms with Crippen molar-refractivity contribution in [2.75, 3.05) is 4.90 Å². The number of benzene rings is 9. The van der Waals surface area contributed by atoms with Crippen molar-refractivity contribution >= 4 is 49.8 Å². The van der Waals surface area contributed by atoms with Gasteiger partial charge < -0.3 is 9.32 Å². The summed E-state index contributed by atoms with van der Waals surface area (Å²) in [4.78, 5) is 17.6. The van der Waals surface area contributed by atoms with Crippen LogP contribution in [0.1, 0.15) is 0 Å². The molecule has 0 spiro atoms. The normalized spacial score (nSPS) is 11.3. The van der Waals surface area contributed by atoms with Crippen molar-refractivity contribution in [2.24, 2.45) is 0 Å². The first-order valence-corrected chi connectivity index (χ1v) is 20.1. The zero-order chi connectivity index (χ0) is 39.8. The summed E-state index contributed by atoms with van der Waals surface area (Å²) in [5.41, 5.74) is 12.0. The zero-order valence-electron chi connectivity index (χ0n) is 32.5. The Morgan fingerprint density at radius 3 is 1.47 bits per heavy atom. The van der Waals surface area contributed by atoms with Crippen LogP contribution in [0, 0.1) is 0 Å². The molecule has 2 heterocycles. The van der Waals surface area contributed by atoms with Gasteiger partial charge in [-0.05, 0) is 75.5 Å². The molecule has 5 heteroatoms. The van der Waals surface area contributed by atoms with Crippen LogP contribution in [0.4, 0.5) is 17.1 Å². The lowest BCUT2D eigenvalue weighted by Crippen LogP contribution is -2.09. The fraction of sp³-hybridized carbons (Fsp3) is 0. The summed E-state index contributed by atoms with van der Waals surface area (Å²) in [7, 11) is 0. The van der Waals surface area contributed by atoms with Crippen molar-refractivity contribution < 1.29 is 4.42 Å². The molecular formula is C55H36N4O. The molecular weight excluding hydrogens is 733 g/mol. The second-order valence-electron chi connectivity index (χ2n) is 14.9. The van der Waals surface area contributed by atoms with Crippen LogP contribution in [0.5, 0.6) is 0 Å². The number of hydrogen-bond acceptors (Lipinski definition) is 5. The molecule has 0 aliphatic carbocycles. The maximum Gasteiger partial charge on any atom is 0.164 e. The van der Waals surface area contributed by atoms with Crippen molar-refractivity contribution in [3.8, 4) is 56.4 Å². The fourth-order valence-corrected chi connectivity index (χ4v) is 8.12. The molecule has 11 aromatic rings. The lowest BCUT2D eigenvalue weighted by atomic mass is 10.0. The van der Waals surface area contributed by atoms with E-state index in [2.05, 4.69) is 169 Å². The van der Waals surface area contributed by atoms with E-state index in [9.17, 15) is 0 Å². The molecule has 0 radical (unpaired) electrons. The lowest BCUT2D eigenvalue weighted by molar-refractivity contribution is 0.669. The standard InChI is InChI=1S/C55H36N4O/c1-4-13-37(14-5-1)40-23-25-43(26-24-40)54-56-53(42-18-8-3-9-19-42)57-55(58-54)49-21-12-22-50-52(49)48-34-33-47(36-51(48)60-50)59(46-32-29-39-17-10-11-20-44(39)35-46)45-30-27-41(28-31-45)38-15-6-2-7-16-38/h1-36H. The average Bonchev–Trinajstić information content (AvgIpc) is 3.71. The molecule has 0 aliphatic rings. The quantitative estimate of drug-likeness (QED) is 0.154.